The normalized spacial score (nSPS) is 10.7. The van der Waals surface area contributed by atoms with E-state index >= 15 is 0 Å². The van der Waals surface area contributed by atoms with Crippen molar-refractivity contribution in [2.75, 3.05) is 29.0 Å². The molecule has 47 heavy (non-hydrogen) atoms. The lowest BCUT2D eigenvalue weighted by atomic mass is 10.3. The molecular formula is C29H35N11O7. The summed E-state index contributed by atoms with van der Waals surface area (Å²) >= 11 is 0. The van der Waals surface area contributed by atoms with Crippen LogP contribution in [0, 0.1) is 0 Å². The van der Waals surface area contributed by atoms with E-state index in [1.807, 2.05) is 0 Å². The molecule has 5 amide bonds. The number of nitrogens with zero attached hydrogens (tertiary/aromatic N) is 6. The van der Waals surface area contributed by atoms with Crippen LogP contribution in [0.5, 0.6) is 0 Å². The van der Waals surface area contributed by atoms with Gasteiger partial charge < -0.3 is 50.0 Å². The molecule has 18 heteroatoms. The second-order valence-electron chi connectivity index (χ2n) is 10.6. The largest absolute Gasteiger partial charge is 0.481 e. The SMILES string of the molecule is Cn1cc(NC(=O)c2nc(NC(=O)CCNC(=O)c3cc(NC(=O)c4nccn4C)cn3C)cn2C)cc1C(=O)NCCCC(=O)O. The van der Waals surface area contributed by atoms with Gasteiger partial charge in [0.1, 0.15) is 11.4 Å². The minimum Gasteiger partial charge on any atom is -0.481 e. The Balaban J connectivity index is 1.25. The van der Waals surface area contributed by atoms with Crippen molar-refractivity contribution in [1.82, 2.24) is 38.9 Å². The van der Waals surface area contributed by atoms with Gasteiger partial charge >= 0.3 is 5.97 Å². The van der Waals surface area contributed by atoms with Crippen LogP contribution < -0.4 is 26.6 Å². The van der Waals surface area contributed by atoms with Gasteiger partial charge in [-0.15, -0.1) is 0 Å². The molecule has 0 bridgehead atoms. The van der Waals surface area contributed by atoms with E-state index in [1.54, 1.807) is 55.9 Å². The summed E-state index contributed by atoms with van der Waals surface area (Å²) in [5.41, 5.74) is 1.26. The van der Waals surface area contributed by atoms with Crippen LogP contribution in [0.15, 0.2) is 43.1 Å². The average molecular weight is 650 g/mol. The van der Waals surface area contributed by atoms with Gasteiger partial charge in [-0.05, 0) is 18.6 Å². The number of rotatable bonds is 14. The first-order valence-electron chi connectivity index (χ1n) is 14.4. The van der Waals surface area contributed by atoms with E-state index < -0.39 is 35.5 Å². The fourth-order valence-corrected chi connectivity index (χ4v) is 4.53. The highest BCUT2D eigenvalue weighted by atomic mass is 16.4. The summed E-state index contributed by atoms with van der Waals surface area (Å²) in [7, 11) is 6.54. The molecule has 18 nitrogen and oxygen atoms in total. The number of aliphatic carboxylic acids is 1. The molecule has 0 spiro atoms. The summed E-state index contributed by atoms with van der Waals surface area (Å²) in [6.07, 6.45) is 7.86. The zero-order chi connectivity index (χ0) is 34.2. The highest BCUT2D eigenvalue weighted by molar-refractivity contribution is 6.04. The van der Waals surface area contributed by atoms with Crippen LogP contribution in [-0.4, -0.2) is 81.9 Å². The number of hydrogen-bond donors (Lipinski definition) is 6. The van der Waals surface area contributed by atoms with E-state index in [0.29, 0.717) is 11.4 Å². The van der Waals surface area contributed by atoms with Crippen molar-refractivity contribution in [3.63, 3.8) is 0 Å². The Morgan fingerprint density at radius 2 is 1.26 bits per heavy atom. The zero-order valence-corrected chi connectivity index (χ0v) is 26.2. The van der Waals surface area contributed by atoms with Crippen LogP contribution in [0.25, 0.3) is 0 Å². The van der Waals surface area contributed by atoms with Gasteiger partial charge in [-0.2, -0.15) is 0 Å². The number of nitrogens with one attached hydrogen (secondary N) is 5. The van der Waals surface area contributed by atoms with E-state index in [0.717, 1.165) is 0 Å². The number of imidazole rings is 2. The smallest absolute Gasteiger partial charge is 0.303 e. The first kappa shape index (κ1) is 33.7. The van der Waals surface area contributed by atoms with Crippen LogP contribution >= 0.6 is 0 Å². The van der Waals surface area contributed by atoms with Gasteiger partial charge in [0.25, 0.3) is 23.6 Å². The van der Waals surface area contributed by atoms with Gasteiger partial charge in [0, 0.05) is 85.1 Å². The number of carboxylic acids is 1. The number of aromatic nitrogens is 6. The summed E-state index contributed by atoms with van der Waals surface area (Å²) < 4.78 is 6.05. The fourth-order valence-electron chi connectivity index (χ4n) is 4.53. The number of anilines is 3. The number of carbonyl (C=O) groups excluding carboxylic acids is 5. The van der Waals surface area contributed by atoms with Crippen molar-refractivity contribution >= 4 is 52.7 Å². The standard InChI is InChI=1S/C29H35N11O7/c1-37-11-10-30-24(37)28(46)33-17-12-20(39(3)14-17)27(45)32-9-7-22(41)35-21-16-40(4)25(36-21)29(47)34-18-13-19(38(2)15-18)26(44)31-8-5-6-23(42)43/h10-16H,5-9H2,1-4H3,(H,31,44)(H,32,45)(H,33,46)(H,34,47)(H,35,41)(H,42,43). The van der Waals surface area contributed by atoms with Crippen molar-refractivity contribution in [1.29, 1.82) is 0 Å². The molecule has 0 radical (unpaired) electrons. The molecule has 0 unspecified atom stereocenters. The van der Waals surface area contributed by atoms with Crippen molar-refractivity contribution in [3.8, 4) is 0 Å². The summed E-state index contributed by atoms with van der Waals surface area (Å²) in [5.74, 6) is -2.95. The third-order valence-corrected chi connectivity index (χ3v) is 6.85. The van der Waals surface area contributed by atoms with Gasteiger partial charge in [0.2, 0.25) is 11.7 Å². The monoisotopic (exact) mass is 649 g/mol. The predicted octanol–water partition coefficient (Wildman–Crippen LogP) is 0.688. The minimum absolute atomic E-state index is 0.00774. The van der Waals surface area contributed by atoms with E-state index in [-0.39, 0.29) is 61.2 Å². The van der Waals surface area contributed by atoms with Gasteiger partial charge in [-0.25, -0.2) is 9.97 Å². The highest BCUT2D eigenvalue weighted by Crippen LogP contribution is 2.16. The molecule has 0 aliphatic carbocycles. The second-order valence-corrected chi connectivity index (χ2v) is 10.6. The third-order valence-electron chi connectivity index (χ3n) is 6.85. The lowest BCUT2D eigenvalue weighted by Crippen LogP contribution is -2.29. The maximum Gasteiger partial charge on any atom is 0.303 e. The van der Waals surface area contributed by atoms with Crippen molar-refractivity contribution < 1.29 is 33.9 Å². The molecule has 0 saturated heterocycles. The molecular weight excluding hydrogens is 614 g/mol. The summed E-state index contributed by atoms with van der Waals surface area (Å²) in [6, 6.07) is 2.98. The molecule has 4 heterocycles. The van der Waals surface area contributed by atoms with Gasteiger partial charge in [0.15, 0.2) is 11.6 Å². The van der Waals surface area contributed by atoms with E-state index in [9.17, 15) is 28.8 Å². The van der Waals surface area contributed by atoms with Crippen LogP contribution in [0.1, 0.15) is 61.5 Å². The molecule has 248 valence electrons. The van der Waals surface area contributed by atoms with Crippen molar-refractivity contribution in [2.24, 2.45) is 28.2 Å². The Kier molecular flexibility index (Phi) is 10.6. The van der Waals surface area contributed by atoms with E-state index in [1.165, 1.54) is 33.7 Å². The first-order chi connectivity index (χ1) is 22.3. The Hall–Kier alpha value is -6.20. The van der Waals surface area contributed by atoms with Gasteiger partial charge in [-0.3, -0.25) is 28.8 Å². The molecule has 0 aromatic carbocycles. The molecule has 0 atom stereocenters. The van der Waals surface area contributed by atoms with Crippen molar-refractivity contribution in [3.05, 3.63) is 66.2 Å². The fraction of sp³-hybridized carbons (Fsp3) is 0.310. The number of amides is 5. The quantitative estimate of drug-likeness (QED) is 0.105. The third kappa shape index (κ3) is 8.71. The molecule has 0 aliphatic heterocycles. The van der Waals surface area contributed by atoms with Crippen LogP contribution in [0.3, 0.4) is 0 Å². The second kappa shape index (κ2) is 14.7. The maximum atomic E-state index is 12.9. The van der Waals surface area contributed by atoms with Gasteiger partial charge in [0.05, 0.1) is 11.4 Å². The van der Waals surface area contributed by atoms with Crippen LogP contribution in [-0.2, 0) is 37.8 Å². The Labute approximate surface area is 268 Å². The molecule has 4 aromatic rings. The number of carbonyl (C=O) groups is 6. The number of aryl methyl sites for hydroxylation is 4. The summed E-state index contributed by atoms with van der Waals surface area (Å²) in [5, 5.41) is 22.0. The Bertz CT molecular complexity index is 1830. The average Bonchev–Trinajstić information content (AvgIpc) is 3.77. The Morgan fingerprint density at radius 3 is 1.81 bits per heavy atom. The topological polar surface area (TPSA) is 228 Å². The summed E-state index contributed by atoms with van der Waals surface area (Å²) in [6.45, 7) is 0.197. The molecule has 0 fully saturated rings. The van der Waals surface area contributed by atoms with E-state index in [2.05, 4.69) is 36.6 Å². The predicted molar refractivity (Wildman–Crippen MR) is 168 cm³/mol. The zero-order valence-electron chi connectivity index (χ0n) is 26.2. The highest BCUT2D eigenvalue weighted by Gasteiger charge is 2.19. The Morgan fingerprint density at radius 1 is 0.681 bits per heavy atom. The molecule has 4 rings (SSSR count). The van der Waals surface area contributed by atoms with E-state index in [4.69, 9.17) is 5.11 Å². The van der Waals surface area contributed by atoms with Crippen LogP contribution in [0.4, 0.5) is 17.2 Å². The first-order valence-corrected chi connectivity index (χ1v) is 14.4. The maximum absolute atomic E-state index is 12.9. The minimum atomic E-state index is -0.950. The molecule has 0 aliphatic rings. The lowest BCUT2D eigenvalue weighted by molar-refractivity contribution is -0.137. The summed E-state index contributed by atoms with van der Waals surface area (Å²) in [4.78, 5) is 81.8. The number of hydrogen-bond acceptors (Lipinski definition) is 8. The molecule has 0 saturated carbocycles. The lowest BCUT2D eigenvalue weighted by Gasteiger charge is -2.06. The van der Waals surface area contributed by atoms with Crippen molar-refractivity contribution in [2.45, 2.75) is 19.3 Å². The number of carboxylic acid groups (broad SMARTS) is 1. The van der Waals surface area contributed by atoms with Gasteiger partial charge in [-0.1, -0.05) is 0 Å². The van der Waals surface area contributed by atoms with Crippen LogP contribution in [0.2, 0.25) is 0 Å². The molecule has 6 N–H and O–H groups in total. The molecule has 4 aromatic heterocycles.